The van der Waals surface area contributed by atoms with Crippen LogP contribution in [0.3, 0.4) is 0 Å². The number of carbonyl (C=O) groups is 1. The van der Waals surface area contributed by atoms with Crippen molar-refractivity contribution >= 4 is 28.8 Å². The van der Waals surface area contributed by atoms with Gasteiger partial charge in [0.1, 0.15) is 5.60 Å². The Bertz CT molecular complexity index is 1040. The number of hydrogen-bond donors (Lipinski definition) is 2. The molecule has 0 saturated heterocycles. The Hall–Kier alpha value is -3.07. The second-order valence-electron chi connectivity index (χ2n) is 7.44. The van der Waals surface area contributed by atoms with Gasteiger partial charge in [0, 0.05) is 6.54 Å². The van der Waals surface area contributed by atoms with Gasteiger partial charge in [-0.1, -0.05) is 18.2 Å². The van der Waals surface area contributed by atoms with Crippen LogP contribution >= 0.6 is 0 Å². The Morgan fingerprint density at radius 2 is 1.86 bits per heavy atom. The first kappa shape index (κ1) is 20.7. The highest BCUT2D eigenvalue weighted by molar-refractivity contribution is 5.96. The summed E-state index contributed by atoms with van der Waals surface area (Å²) in [5, 5.41) is 0. The molecule has 0 bridgehead atoms. The molecule has 0 aliphatic heterocycles. The molecule has 0 fully saturated rings. The summed E-state index contributed by atoms with van der Waals surface area (Å²) in [4.78, 5) is 21.3. The van der Waals surface area contributed by atoms with Gasteiger partial charge >= 0.3 is 12.3 Å². The molecule has 0 atom stereocenters. The van der Waals surface area contributed by atoms with E-state index in [1.54, 1.807) is 39.0 Å². The molecule has 3 rings (SSSR count). The van der Waals surface area contributed by atoms with E-state index < -0.39 is 23.4 Å². The minimum absolute atomic E-state index is 0.0255. The van der Waals surface area contributed by atoms with E-state index in [2.05, 4.69) is 9.97 Å². The fraction of sp³-hybridized carbons (Fsp3) is 0.300. The number of ether oxygens (including phenoxy) is 1. The maximum Gasteiger partial charge on any atom is 0.421 e. The SMILES string of the molecule is CC(C)(C)OC(=O)N(c1cccc(C(F)(F)F)c1)c1nc2c(CN)cccc2[nH]1. The van der Waals surface area contributed by atoms with E-state index >= 15 is 0 Å². The number of benzene rings is 2. The quantitative estimate of drug-likeness (QED) is 0.633. The first-order valence-corrected chi connectivity index (χ1v) is 8.87. The number of fused-ring (bicyclic) bond motifs is 1. The molecule has 3 aromatic rings. The molecule has 29 heavy (non-hydrogen) atoms. The molecular formula is C20H21F3N4O2. The van der Waals surface area contributed by atoms with Gasteiger partial charge in [0.15, 0.2) is 0 Å². The van der Waals surface area contributed by atoms with E-state index in [0.717, 1.165) is 22.6 Å². The lowest BCUT2D eigenvalue weighted by atomic mass is 10.2. The second-order valence-corrected chi connectivity index (χ2v) is 7.44. The third kappa shape index (κ3) is 4.51. The van der Waals surface area contributed by atoms with Crippen molar-refractivity contribution in [3.8, 4) is 0 Å². The first-order valence-electron chi connectivity index (χ1n) is 8.87. The number of carbonyl (C=O) groups excluding carboxylic acids is 1. The Morgan fingerprint density at radius 1 is 1.17 bits per heavy atom. The Labute approximate surface area is 165 Å². The molecule has 2 aromatic carbocycles. The summed E-state index contributed by atoms with van der Waals surface area (Å²) < 4.78 is 45.0. The third-order valence-corrected chi connectivity index (χ3v) is 4.02. The van der Waals surface area contributed by atoms with Gasteiger partial charge in [0.05, 0.1) is 22.3 Å². The third-order valence-electron chi connectivity index (χ3n) is 4.02. The van der Waals surface area contributed by atoms with E-state index in [9.17, 15) is 18.0 Å². The topological polar surface area (TPSA) is 84.2 Å². The highest BCUT2D eigenvalue weighted by Gasteiger charge is 2.33. The van der Waals surface area contributed by atoms with Crippen LogP contribution in [0.5, 0.6) is 0 Å². The van der Waals surface area contributed by atoms with Crippen LogP contribution in [-0.2, 0) is 17.5 Å². The van der Waals surface area contributed by atoms with Crippen molar-refractivity contribution in [3.05, 3.63) is 53.6 Å². The van der Waals surface area contributed by atoms with Crippen LogP contribution in [0.15, 0.2) is 42.5 Å². The first-order chi connectivity index (χ1) is 13.5. The van der Waals surface area contributed by atoms with Gasteiger partial charge in [-0.15, -0.1) is 0 Å². The number of para-hydroxylation sites is 1. The zero-order valence-corrected chi connectivity index (χ0v) is 16.2. The minimum Gasteiger partial charge on any atom is -0.443 e. The summed E-state index contributed by atoms with van der Waals surface area (Å²) in [6, 6.07) is 9.72. The molecule has 0 unspecified atom stereocenters. The number of amides is 1. The molecule has 1 heterocycles. The molecule has 1 amide bonds. The predicted octanol–water partition coefficient (Wildman–Crippen LogP) is 5.11. The lowest BCUT2D eigenvalue weighted by molar-refractivity contribution is -0.137. The van der Waals surface area contributed by atoms with Gasteiger partial charge in [-0.05, 0) is 50.6 Å². The smallest absolute Gasteiger partial charge is 0.421 e. The summed E-state index contributed by atoms with van der Waals surface area (Å²) in [7, 11) is 0. The highest BCUT2D eigenvalue weighted by Crippen LogP contribution is 2.34. The van der Waals surface area contributed by atoms with Crippen molar-refractivity contribution in [1.82, 2.24) is 9.97 Å². The second kappa shape index (κ2) is 7.40. The number of aromatic nitrogens is 2. The van der Waals surface area contributed by atoms with Gasteiger partial charge in [0.2, 0.25) is 5.95 Å². The number of hydrogen-bond acceptors (Lipinski definition) is 4. The number of anilines is 2. The van der Waals surface area contributed by atoms with Crippen LogP contribution in [0.4, 0.5) is 29.6 Å². The van der Waals surface area contributed by atoms with Crippen molar-refractivity contribution in [3.63, 3.8) is 0 Å². The Balaban J connectivity index is 2.16. The molecule has 0 saturated carbocycles. The molecular weight excluding hydrogens is 385 g/mol. The van der Waals surface area contributed by atoms with E-state index in [4.69, 9.17) is 10.5 Å². The van der Waals surface area contributed by atoms with Crippen molar-refractivity contribution < 1.29 is 22.7 Å². The average molecular weight is 406 g/mol. The van der Waals surface area contributed by atoms with Crippen LogP contribution < -0.4 is 10.6 Å². The molecule has 3 N–H and O–H groups in total. The van der Waals surface area contributed by atoms with Gasteiger partial charge in [0.25, 0.3) is 0 Å². The minimum atomic E-state index is -4.56. The summed E-state index contributed by atoms with van der Waals surface area (Å²) in [6.45, 7) is 5.22. The van der Waals surface area contributed by atoms with Crippen molar-refractivity contribution in [2.75, 3.05) is 4.90 Å². The summed E-state index contributed by atoms with van der Waals surface area (Å²) in [5.41, 5.74) is 5.84. The predicted molar refractivity (Wildman–Crippen MR) is 104 cm³/mol. The lowest BCUT2D eigenvalue weighted by Gasteiger charge is -2.26. The fourth-order valence-electron chi connectivity index (χ4n) is 2.79. The summed E-state index contributed by atoms with van der Waals surface area (Å²) in [6.07, 6.45) is -5.42. The normalized spacial score (nSPS) is 12.2. The number of nitrogens with two attached hydrogens (primary N) is 1. The standard InChI is InChI=1S/C20H21F3N4O2/c1-19(2,3)29-18(28)27(14-8-5-7-13(10-14)20(21,22)23)17-25-15-9-4-6-12(11-24)16(15)26-17/h4-10H,11,24H2,1-3H3,(H,25,26). The van der Waals surface area contributed by atoms with E-state index in [1.807, 2.05) is 0 Å². The van der Waals surface area contributed by atoms with Crippen LogP contribution in [0.25, 0.3) is 11.0 Å². The Morgan fingerprint density at radius 3 is 2.48 bits per heavy atom. The maximum atomic E-state index is 13.2. The van der Waals surface area contributed by atoms with Gasteiger partial charge in [-0.25, -0.2) is 14.7 Å². The van der Waals surface area contributed by atoms with Gasteiger partial charge < -0.3 is 15.5 Å². The number of rotatable bonds is 3. The van der Waals surface area contributed by atoms with Gasteiger partial charge in [-0.3, -0.25) is 0 Å². The highest BCUT2D eigenvalue weighted by atomic mass is 19.4. The number of halogens is 3. The fourth-order valence-corrected chi connectivity index (χ4v) is 2.79. The Kier molecular flexibility index (Phi) is 5.27. The molecule has 154 valence electrons. The zero-order valence-electron chi connectivity index (χ0n) is 16.2. The number of alkyl halides is 3. The molecule has 9 heteroatoms. The van der Waals surface area contributed by atoms with Crippen LogP contribution in [0, 0.1) is 0 Å². The number of nitrogens with zero attached hydrogens (tertiary/aromatic N) is 2. The van der Waals surface area contributed by atoms with Crippen LogP contribution in [0.1, 0.15) is 31.9 Å². The van der Waals surface area contributed by atoms with Crippen molar-refractivity contribution in [1.29, 1.82) is 0 Å². The van der Waals surface area contributed by atoms with Crippen LogP contribution in [0.2, 0.25) is 0 Å². The number of H-pyrrole nitrogens is 1. The molecule has 0 radical (unpaired) electrons. The van der Waals surface area contributed by atoms with E-state index in [1.165, 1.54) is 12.1 Å². The largest absolute Gasteiger partial charge is 0.443 e. The molecule has 0 aliphatic carbocycles. The average Bonchev–Trinajstić information content (AvgIpc) is 3.03. The van der Waals surface area contributed by atoms with Gasteiger partial charge in [-0.2, -0.15) is 13.2 Å². The molecule has 6 nitrogen and oxygen atoms in total. The molecule has 1 aromatic heterocycles. The number of imidazole rings is 1. The maximum absolute atomic E-state index is 13.2. The number of nitrogens with one attached hydrogen (secondary N) is 1. The summed E-state index contributed by atoms with van der Waals surface area (Å²) >= 11 is 0. The van der Waals surface area contributed by atoms with Crippen molar-refractivity contribution in [2.24, 2.45) is 5.73 Å². The monoisotopic (exact) mass is 406 g/mol. The molecule has 0 aliphatic rings. The van der Waals surface area contributed by atoms with Crippen molar-refractivity contribution in [2.45, 2.75) is 39.1 Å². The zero-order chi connectivity index (χ0) is 21.4. The number of aromatic amines is 1. The summed E-state index contributed by atoms with van der Waals surface area (Å²) in [5.74, 6) is 0.0366. The molecule has 0 spiro atoms. The van der Waals surface area contributed by atoms with E-state index in [-0.39, 0.29) is 18.2 Å². The van der Waals surface area contributed by atoms with Crippen LogP contribution in [-0.4, -0.2) is 21.7 Å². The lowest BCUT2D eigenvalue weighted by Crippen LogP contribution is -2.34. The van der Waals surface area contributed by atoms with E-state index in [0.29, 0.717) is 11.0 Å².